The molecular weight excluding hydrogens is 522 g/mol. The van der Waals surface area contributed by atoms with Crippen molar-refractivity contribution in [2.75, 3.05) is 10.6 Å². The highest BCUT2D eigenvalue weighted by molar-refractivity contribution is 7.90. The lowest BCUT2D eigenvalue weighted by atomic mass is 9.72. The first-order valence-electron chi connectivity index (χ1n) is 12.5. The highest BCUT2D eigenvalue weighted by Crippen LogP contribution is 2.44. The van der Waals surface area contributed by atoms with Gasteiger partial charge >= 0.3 is 6.09 Å². The SMILES string of the molecule is CC(C)(C)CCC1(O)C(=O)C(C2=NS(=O)(=O)c3cc(NC(=O)OC(C)(C)C)ccc3N2)=C(O)c2ccccc21. The number of nitrogens with zero attached hydrogens (tertiary/aromatic N) is 1. The van der Waals surface area contributed by atoms with Crippen LogP contribution in [-0.4, -0.2) is 41.9 Å². The van der Waals surface area contributed by atoms with Gasteiger partial charge in [0.05, 0.1) is 5.69 Å². The number of hydrogen-bond acceptors (Lipinski definition) is 8. The lowest BCUT2D eigenvalue weighted by Gasteiger charge is -2.36. The van der Waals surface area contributed by atoms with Crippen molar-refractivity contribution in [1.82, 2.24) is 0 Å². The van der Waals surface area contributed by atoms with E-state index < -0.39 is 50.3 Å². The van der Waals surface area contributed by atoms with Crippen LogP contribution in [0.25, 0.3) is 5.76 Å². The number of ether oxygens (including phenoxy) is 1. The van der Waals surface area contributed by atoms with E-state index in [-0.39, 0.29) is 39.2 Å². The fraction of sp³-hybridized carbons (Fsp3) is 0.393. The number of nitrogens with one attached hydrogen (secondary N) is 2. The monoisotopic (exact) mass is 555 g/mol. The molecule has 1 atom stereocenters. The van der Waals surface area contributed by atoms with Crippen molar-refractivity contribution in [3.05, 3.63) is 59.2 Å². The maximum Gasteiger partial charge on any atom is 0.412 e. The molecule has 4 rings (SSSR count). The molecule has 2 aromatic rings. The topological polar surface area (TPSA) is 154 Å². The minimum atomic E-state index is -4.38. The van der Waals surface area contributed by atoms with Crippen LogP contribution in [0.4, 0.5) is 16.2 Å². The number of ketones is 1. The van der Waals surface area contributed by atoms with E-state index in [1.807, 2.05) is 20.8 Å². The van der Waals surface area contributed by atoms with Gasteiger partial charge in [0.1, 0.15) is 21.8 Å². The van der Waals surface area contributed by atoms with Crippen LogP contribution >= 0.6 is 0 Å². The first-order chi connectivity index (χ1) is 17.9. The molecule has 0 radical (unpaired) electrons. The van der Waals surface area contributed by atoms with Crippen LogP contribution in [0.5, 0.6) is 0 Å². The van der Waals surface area contributed by atoms with Gasteiger partial charge in [-0.3, -0.25) is 10.1 Å². The molecule has 10 nitrogen and oxygen atoms in total. The molecule has 0 bridgehead atoms. The van der Waals surface area contributed by atoms with Crippen LogP contribution in [0.3, 0.4) is 0 Å². The molecule has 0 fully saturated rings. The average Bonchev–Trinajstić information content (AvgIpc) is 2.80. The van der Waals surface area contributed by atoms with Crippen molar-refractivity contribution < 1.29 is 33.0 Å². The Balaban J connectivity index is 1.75. The number of rotatable bonds is 4. The van der Waals surface area contributed by atoms with Gasteiger partial charge in [-0.2, -0.15) is 8.42 Å². The molecule has 2 aromatic carbocycles. The summed E-state index contributed by atoms with van der Waals surface area (Å²) in [6, 6.07) is 10.5. The van der Waals surface area contributed by atoms with Crippen molar-refractivity contribution in [3.8, 4) is 0 Å². The Morgan fingerprint density at radius 1 is 1.10 bits per heavy atom. The van der Waals surface area contributed by atoms with Gasteiger partial charge in [0.2, 0.25) is 5.78 Å². The van der Waals surface area contributed by atoms with E-state index in [1.165, 1.54) is 18.2 Å². The highest BCUT2D eigenvalue weighted by Gasteiger charge is 2.48. The number of amides is 1. The van der Waals surface area contributed by atoms with Crippen LogP contribution in [0.15, 0.2) is 57.3 Å². The summed E-state index contributed by atoms with van der Waals surface area (Å²) in [6.07, 6.45) is -0.227. The zero-order chi connectivity index (χ0) is 29.0. The standard InChI is InChI=1S/C28H33N3O7S/c1-26(2,3)13-14-28(35)18-10-8-7-9-17(18)22(32)21(23(28)33)24-30-19-12-11-16(15-20(19)39(36,37)31-24)29-25(34)38-27(4,5)6/h7-12,15,32,35H,13-14H2,1-6H3,(H,29,34)(H,30,31). The third kappa shape index (κ3) is 5.69. The van der Waals surface area contributed by atoms with Crippen LogP contribution in [0, 0.1) is 5.41 Å². The normalized spacial score (nSPS) is 20.4. The summed E-state index contributed by atoms with van der Waals surface area (Å²) in [5.41, 5.74) is -2.67. The van der Waals surface area contributed by atoms with E-state index in [1.54, 1.807) is 45.0 Å². The Kier molecular flexibility index (Phi) is 6.89. The molecule has 1 aliphatic heterocycles. The summed E-state index contributed by atoms with van der Waals surface area (Å²) in [5.74, 6) is -1.73. The third-order valence-corrected chi connectivity index (χ3v) is 7.63. The Morgan fingerprint density at radius 3 is 2.41 bits per heavy atom. The van der Waals surface area contributed by atoms with E-state index in [0.717, 1.165) is 0 Å². The molecule has 1 aliphatic carbocycles. The van der Waals surface area contributed by atoms with E-state index in [9.17, 15) is 28.2 Å². The van der Waals surface area contributed by atoms with Crippen molar-refractivity contribution >= 4 is 44.9 Å². The maximum absolute atomic E-state index is 13.8. The van der Waals surface area contributed by atoms with Gasteiger partial charge in [-0.15, -0.1) is 4.40 Å². The zero-order valence-electron chi connectivity index (χ0n) is 22.7. The molecule has 2 aliphatic rings. The van der Waals surface area contributed by atoms with Gasteiger partial charge in [0.15, 0.2) is 11.4 Å². The maximum atomic E-state index is 13.8. The zero-order valence-corrected chi connectivity index (χ0v) is 23.6. The number of fused-ring (bicyclic) bond motifs is 2. The molecule has 0 saturated heterocycles. The highest BCUT2D eigenvalue weighted by atomic mass is 32.2. The average molecular weight is 556 g/mol. The van der Waals surface area contributed by atoms with Crippen molar-refractivity contribution in [2.24, 2.45) is 9.81 Å². The molecule has 1 unspecified atom stereocenters. The van der Waals surface area contributed by atoms with E-state index in [4.69, 9.17) is 4.74 Å². The van der Waals surface area contributed by atoms with Crippen LogP contribution in [-0.2, 0) is 25.2 Å². The van der Waals surface area contributed by atoms with Gasteiger partial charge in [-0.05, 0) is 57.2 Å². The molecule has 0 aromatic heterocycles. The molecule has 0 saturated carbocycles. The number of anilines is 2. The lowest BCUT2D eigenvalue weighted by molar-refractivity contribution is -0.135. The summed E-state index contributed by atoms with van der Waals surface area (Å²) in [5, 5.41) is 28.2. The van der Waals surface area contributed by atoms with Crippen LogP contribution < -0.4 is 10.6 Å². The predicted molar refractivity (Wildman–Crippen MR) is 148 cm³/mol. The number of carbonyl (C=O) groups excluding carboxylic acids is 2. The number of Topliss-reactive ketones (excluding diaryl/α,β-unsaturated/α-hetero) is 1. The van der Waals surface area contributed by atoms with Gasteiger partial charge in [0, 0.05) is 16.8 Å². The molecule has 39 heavy (non-hydrogen) atoms. The largest absolute Gasteiger partial charge is 0.506 e. The van der Waals surface area contributed by atoms with Crippen molar-refractivity contribution in [1.29, 1.82) is 0 Å². The molecule has 0 spiro atoms. The second-order valence-corrected chi connectivity index (χ2v) is 13.5. The number of carbonyl (C=O) groups is 2. The Hall–Kier alpha value is -3.70. The number of aliphatic hydroxyl groups is 2. The van der Waals surface area contributed by atoms with Crippen LogP contribution in [0.2, 0.25) is 0 Å². The van der Waals surface area contributed by atoms with Gasteiger partial charge in [0.25, 0.3) is 10.0 Å². The summed E-state index contributed by atoms with van der Waals surface area (Å²) < 4.78 is 35.4. The van der Waals surface area contributed by atoms with Gasteiger partial charge in [-0.1, -0.05) is 45.0 Å². The van der Waals surface area contributed by atoms with E-state index >= 15 is 0 Å². The van der Waals surface area contributed by atoms with Gasteiger partial charge < -0.3 is 20.3 Å². The lowest BCUT2D eigenvalue weighted by Crippen LogP contribution is -2.44. The quantitative estimate of drug-likeness (QED) is 0.406. The second kappa shape index (κ2) is 9.49. The number of benzene rings is 2. The fourth-order valence-electron chi connectivity index (χ4n) is 4.41. The summed E-state index contributed by atoms with van der Waals surface area (Å²) in [7, 11) is -4.38. The molecule has 11 heteroatoms. The molecule has 208 valence electrons. The third-order valence-electron chi connectivity index (χ3n) is 6.31. The van der Waals surface area contributed by atoms with E-state index in [0.29, 0.717) is 6.42 Å². The minimum absolute atomic E-state index is 0.0550. The number of aliphatic hydroxyl groups excluding tert-OH is 1. The Bertz CT molecular complexity index is 1530. The summed E-state index contributed by atoms with van der Waals surface area (Å²) in [4.78, 5) is 25.7. The summed E-state index contributed by atoms with van der Waals surface area (Å²) >= 11 is 0. The van der Waals surface area contributed by atoms with Crippen molar-refractivity contribution in [3.63, 3.8) is 0 Å². The summed E-state index contributed by atoms with van der Waals surface area (Å²) in [6.45, 7) is 11.0. The predicted octanol–water partition coefficient (Wildman–Crippen LogP) is 5.11. The Labute approximate surface area is 227 Å². The molecule has 1 amide bonds. The molecular formula is C28H33N3O7S. The molecule has 4 N–H and O–H groups in total. The van der Waals surface area contributed by atoms with E-state index in [2.05, 4.69) is 15.0 Å². The van der Waals surface area contributed by atoms with Crippen LogP contribution in [0.1, 0.15) is 65.5 Å². The minimum Gasteiger partial charge on any atom is -0.506 e. The van der Waals surface area contributed by atoms with Crippen molar-refractivity contribution in [2.45, 2.75) is 70.5 Å². The number of sulfonamides is 1. The smallest absolute Gasteiger partial charge is 0.412 e. The first-order valence-corrected chi connectivity index (χ1v) is 13.9. The second-order valence-electron chi connectivity index (χ2n) is 11.9. The fourth-order valence-corrected chi connectivity index (χ4v) is 5.56. The number of amidine groups is 1. The Morgan fingerprint density at radius 2 is 1.77 bits per heavy atom. The molecule has 1 heterocycles. The van der Waals surface area contributed by atoms with Gasteiger partial charge in [-0.25, -0.2) is 4.79 Å². The number of hydrogen-bond donors (Lipinski definition) is 4. The first kappa shape index (κ1) is 28.3.